The van der Waals surface area contributed by atoms with Crippen LogP contribution in [-0.2, 0) is 22.7 Å². The van der Waals surface area contributed by atoms with Gasteiger partial charge in [0.05, 0.1) is 17.8 Å². The Morgan fingerprint density at radius 2 is 1.88 bits per heavy atom. The average Bonchev–Trinajstić information content (AvgIpc) is 2.96. The molecule has 1 aromatic carbocycles. The van der Waals surface area contributed by atoms with Gasteiger partial charge in [0.2, 0.25) is 11.8 Å². The summed E-state index contributed by atoms with van der Waals surface area (Å²) in [6.45, 7) is 1.70. The van der Waals surface area contributed by atoms with Crippen LogP contribution >= 0.6 is 23.2 Å². The van der Waals surface area contributed by atoms with Gasteiger partial charge in [-0.05, 0) is 17.7 Å². The number of rotatable bonds is 4. The van der Waals surface area contributed by atoms with Gasteiger partial charge in [-0.3, -0.25) is 14.3 Å². The first kappa shape index (κ1) is 16.8. The average molecular weight is 367 g/mol. The SMILES string of the molecule is O=C(Cn1cc(Cl)cn1)N1CCN(Cc2ccc(Cl)cc2)C(=O)C1. The summed E-state index contributed by atoms with van der Waals surface area (Å²) in [5.74, 6) is -0.211. The van der Waals surface area contributed by atoms with Crippen LogP contribution in [0.2, 0.25) is 10.0 Å². The van der Waals surface area contributed by atoms with Crippen molar-refractivity contribution in [2.75, 3.05) is 19.6 Å². The molecule has 1 aliphatic heterocycles. The lowest BCUT2D eigenvalue weighted by Crippen LogP contribution is -2.52. The monoisotopic (exact) mass is 366 g/mol. The molecule has 2 heterocycles. The third-order valence-electron chi connectivity index (χ3n) is 3.86. The van der Waals surface area contributed by atoms with Crippen LogP contribution in [0.3, 0.4) is 0 Å². The van der Waals surface area contributed by atoms with Gasteiger partial charge in [0.1, 0.15) is 6.54 Å². The van der Waals surface area contributed by atoms with Crippen molar-refractivity contribution in [2.24, 2.45) is 0 Å². The highest BCUT2D eigenvalue weighted by Gasteiger charge is 2.27. The summed E-state index contributed by atoms with van der Waals surface area (Å²) in [6.07, 6.45) is 3.06. The van der Waals surface area contributed by atoms with E-state index < -0.39 is 0 Å². The first-order valence-corrected chi connectivity index (χ1v) is 8.25. The van der Waals surface area contributed by atoms with E-state index in [9.17, 15) is 9.59 Å². The fourth-order valence-corrected chi connectivity index (χ4v) is 2.84. The van der Waals surface area contributed by atoms with Crippen LogP contribution in [0.5, 0.6) is 0 Å². The van der Waals surface area contributed by atoms with Crippen molar-refractivity contribution in [3.05, 3.63) is 52.3 Å². The van der Waals surface area contributed by atoms with Crippen molar-refractivity contribution in [3.8, 4) is 0 Å². The lowest BCUT2D eigenvalue weighted by atomic mass is 10.2. The number of nitrogens with zero attached hydrogens (tertiary/aromatic N) is 4. The summed E-state index contributed by atoms with van der Waals surface area (Å²) in [4.78, 5) is 27.9. The fourth-order valence-electron chi connectivity index (χ4n) is 2.56. The van der Waals surface area contributed by atoms with Crippen LogP contribution in [0.4, 0.5) is 0 Å². The minimum absolute atomic E-state index is 0.0666. The minimum atomic E-state index is -0.144. The Hall–Kier alpha value is -2.05. The van der Waals surface area contributed by atoms with Crippen molar-refractivity contribution in [1.82, 2.24) is 19.6 Å². The number of piperazine rings is 1. The molecule has 0 aliphatic carbocycles. The van der Waals surface area contributed by atoms with E-state index in [-0.39, 0.29) is 24.9 Å². The summed E-state index contributed by atoms with van der Waals surface area (Å²) < 4.78 is 1.47. The second-order valence-corrected chi connectivity index (χ2v) is 6.49. The topological polar surface area (TPSA) is 58.4 Å². The Morgan fingerprint density at radius 3 is 2.50 bits per heavy atom. The molecule has 0 atom stereocenters. The lowest BCUT2D eigenvalue weighted by Gasteiger charge is -2.34. The van der Waals surface area contributed by atoms with Gasteiger partial charge >= 0.3 is 0 Å². The van der Waals surface area contributed by atoms with Gasteiger partial charge in [-0.1, -0.05) is 35.3 Å². The quantitative estimate of drug-likeness (QED) is 0.831. The number of halogens is 2. The molecule has 1 saturated heterocycles. The summed E-state index contributed by atoms with van der Waals surface area (Å²) in [5, 5.41) is 5.12. The first-order chi connectivity index (χ1) is 11.5. The van der Waals surface area contributed by atoms with E-state index in [2.05, 4.69) is 5.10 Å². The molecule has 1 fully saturated rings. The Kier molecular flexibility index (Phi) is 5.06. The first-order valence-electron chi connectivity index (χ1n) is 7.49. The predicted octanol–water partition coefficient (Wildman–Crippen LogP) is 2.06. The zero-order chi connectivity index (χ0) is 17.1. The van der Waals surface area contributed by atoms with Crippen LogP contribution < -0.4 is 0 Å². The summed E-state index contributed by atoms with van der Waals surface area (Å²) in [6, 6.07) is 7.40. The lowest BCUT2D eigenvalue weighted by molar-refractivity contribution is -0.146. The van der Waals surface area contributed by atoms with E-state index >= 15 is 0 Å². The third kappa shape index (κ3) is 4.07. The summed E-state index contributed by atoms with van der Waals surface area (Å²) in [7, 11) is 0. The molecule has 0 bridgehead atoms. The second-order valence-electron chi connectivity index (χ2n) is 5.61. The van der Waals surface area contributed by atoms with Gasteiger partial charge < -0.3 is 9.80 Å². The number of hydrogen-bond acceptors (Lipinski definition) is 3. The van der Waals surface area contributed by atoms with Gasteiger partial charge in [0.15, 0.2) is 0 Å². The fraction of sp³-hybridized carbons (Fsp3) is 0.312. The molecule has 24 heavy (non-hydrogen) atoms. The van der Waals surface area contributed by atoms with Crippen LogP contribution in [0.25, 0.3) is 0 Å². The maximum Gasteiger partial charge on any atom is 0.244 e. The van der Waals surface area contributed by atoms with Gasteiger partial charge in [-0.2, -0.15) is 5.10 Å². The highest BCUT2D eigenvalue weighted by Crippen LogP contribution is 2.14. The van der Waals surface area contributed by atoms with E-state index in [0.717, 1.165) is 5.56 Å². The maximum atomic E-state index is 12.3. The zero-order valence-corrected chi connectivity index (χ0v) is 14.4. The minimum Gasteiger partial charge on any atom is -0.335 e. The maximum absolute atomic E-state index is 12.3. The van der Waals surface area contributed by atoms with Crippen LogP contribution in [0.1, 0.15) is 5.56 Å². The number of aromatic nitrogens is 2. The van der Waals surface area contributed by atoms with Crippen molar-refractivity contribution in [2.45, 2.75) is 13.1 Å². The molecule has 3 rings (SSSR count). The standard InChI is InChI=1S/C16H16Cl2N4O2/c17-13-3-1-12(2-4-13)8-20-5-6-21(10-15(20)23)16(24)11-22-9-14(18)7-19-22/h1-4,7,9H,5-6,8,10-11H2. The van der Waals surface area contributed by atoms with Crippen LogP contribution in [0.15, 0.2) is 36.7 Å². The molecular weight excluding hydrogens is 351 g/mol. The van der Waals surface area contributed by atoms with E-state index in [0.29, 0.717) is 29.7 Å². The number of carbonyl (C=O) groups excluding carboxylic acids is 2. The van der Waals surface area contributed by atoms with Gasteiger partial charge in [0, 0.05) is 30.9 Å². The number of hydrogen-bond donors (Lipinski definition) is 0. The molecule has 1 aromatic heterocycles. The molecule has 0 saturated carbocycles. The molecule has 126 valence electrons. The molecule has 0 radical (unpaired) electrons. The molecule has 2 aromatic rings. The number of amides is 2. The molecule has 6 nitrogen and oxygen atoms in total. The van der Waals surface area contributed by atoms with Gasteiger partial charge in [-0.15, -0.1) is 0 Å². The molecule has 0 spiro atoms. The third-order valence-corrected chi connectivity index (χ3v) is 4.30. The number of carbonyl (C=O) groups is 2. The van der Waals surface area contributed by atoms with Crippen molar-refractivity contribution < 1.29 is 9.59 Å². The van der Waals surface area contributed by atoms with E-state index in [1.54, 1.807) is 28.1 Å². The Bertz CT molecular complexity index is 745. The second kappa shape index (κ2) is 7.23. The van der Waals surface area contributed by atoms with E-state index in [4.69, 9.17) is 23.2 Å². The normalized spacial score (nSPS) is 15.0. The predicted molar refractivity (Wildman–Crippen MR) is 90.7 cm³/mol. The number of benzene rings is 1. The van der Waals surface area contributed by atoms with Crippen LogP contribution in [-0.4, -0.2) is 51.0 Å². The molecule has 1 aliphatic rings. The van der Waals surface area contributed by atoms with Crippen molar-refractivity contribution >= 4 is 35.0 Å². The van der Waals surface area contributed by atoms with Gasteiger partial charge in [0.25, 0.3) is 0 Å². The molecule has 2 amide bonds. The Balaban J connectivity index is 1.55. The van der Waals surface area contributed by atoms with Crippen molar-refractivity contribution in [3.63, 3.8) is 0 Å². The molecule has 0 N–H and O–H groups in total. The van der Waals surface area contributed by atoms with Crippen molar-refractivity contribution in [1.29, 1.82) is 0 Å². The Labute approximate surface area is 149 Å². The van der Waals surface area contributed by atoms with Gasteiger partial charge in [-0.25, -0.2) is 0 Å². The van der Waals surface area contributed by atoms with E-state index in [1.165, 1.54) is 10.9 Å². The highest BCUT2D eigenvalue weighted by molar-refractivity contribution is 6.30. The molecular formula is C16H16Cl2N4O2. The highest BCUT2D eigenvalue weighted by atomic mass is 35.5. The summed E-state index contributed by atoms with van der Waals surface area (Å²) >= 11 is 11.6. The molecule has 8 heteroatoms. The molecule has 0 unspecified atom stereocenters. The van der Waals surface area contributed by atoms with E-state index in [1.807, 2.05) is 12.1 Å². The smallest absolute Gasteiger partial charge is 0.244 e. The largest absolute Gasteiger partial charge is 0.335 e. The zero-order valence-electron chi connectivity index (χ0n) is 12.9. The Morgan fingerprint density at radius 1 is 1.12 bits per heavy atom. The van der Waals surface area contributed by atoms with Crippen LogP contribution in [0, 0.1) is 0 Å². The summed E-state index contributed by atoms with van der Waals surface area (Å²) in [5.41, 5.74) is 1.01.